The van der Waals surface area contributed by atoms with Gasteiger partial charge in [0.2, 0.25) is 0 Å². The lowest BCUT2D eigenvalue weighted by Crippen LogP contribution is -2.09. The van der Waals surface area contributed by atoms with Gasteiger partial charge >= 0.3 is 0 Å². The van der Waals surface area contributed by atoms with Gasteiger partial charge in [0, 0.05) is 12.3 Å². The van der Waals surface area contributed by atoms with E-state index >= 15 is 0 Å². The molecule has 1 nitrogen and oxygen atoms in total. The van der Waals surface area contributed by atoms with Crippen LogP contribution >= 0.6 is 24.0 Å². The zero-order valence-electron chi connectivity index (χ0n) is 6.81. The Morgan fingerprint density at radius 1 is 1.45 bits per heavy atom. The fraction of sp³-hybridized carbons (Fsp3) is 0.875. The third kappa shape index (κ3) is 13.3. The standard InChI is InChI=1S/C4H10.C3H5NS2.CH4/c1-4(2)3;5-3-4-1-2-6-3;/h4H,1-3H3;1-2H2,(H,4,5);1H4. The van der Waals surface area contributed by atoms with Gasteiger partial charge < -0.3 is 5.32 Å². The molecule has 68 valence electrons. The number of hydrogen-bond donors (Lipinski definition) is 1. The van der Waals surface area contributed by atoms with E-state index in [9.17, 15) is 0 Å². The Kier molecular flexibility index (Phi) is 10.5. The van der Waals surface area contributed by atoms with Crippen LogP contribution in [0.25, 0.3) is 0 Å². The van der Waals surface area contributed by atoms with E-state index in [1.165, 1.54) is 0 Å². The van der Waals surface area contributed by atoms with Crippen LogP contribution < -0.4 is 5.32 Å². The van der Waals surface area contributed by atoms with E-state index in [0.717, 1.165) is 22.5 Å². The number of rotatable bonds is 0. The van der Waals surface area contributed by atoms with Crippen LogP contribution in [0, 0.1) is 5.92 Å². The van der Waals surface area contributed by atoms with Gasteiger partial charge in [0.05, 0.1) is 0 Å². The molecule has 0 aliphatic carbocycles. The molecular weight excluding hydrogens is 174 g/mol. The highest BCUT2D eigenvalue weighted by atomic mass is 32.2. The van der Waals surface area contributed by atoms with E-state index in [1.54, 1.807) is 11.8 Å². The predicted octanol–water partition coefficient (Wildman–Crippen LogP) is 2.91. The predicted molar refractivity (Wildman–Crippen MR) is 60.3 cm³/mol. The van der Waals surface area contributed by atoms with E-state index in [0.29, 0.717) is 0 Å². The third-order valence-electron chi connectivity index (χ3n) is 0.605. The van der Waals surface area contributed by atoms with Crippen molar-refractivity contribution < 1.29 is 0 Å². The summed E-state index contributed by atoms with van der Waals surface area (Å²) in [6.07, 6.45) is 0. The van der Waals surface area contributed by atoms with Crippen LogP contribution in [0.2, 0.25) is 0 Å². The van der Waals surface area contributed by atoms with E-state index in [2.05, 4.69) is 26.1 Å². The second-order valence-electron chi connectivity index (χ2n) is 2.79. The second kappa shape index (κ2) is 8.34. The minimum absolute atomic E-state index is 0. The maximum Gasteiger partial charge on any atom is 0.133 e. The number of nitrogens with one attached hydrogen (secondary N) is 1. The summed E-state index contributed by atoms with van der Waals surface area (Å²) in [6.45, 7) is 7.56. The Bertz CT molecular complexity index is 91.5. The molecule has 0 atom stereocenters. The summed E-state index contributed by atoms with van der Waals surface area (Å²) in [4.78, 5) is 0. The normalized spacial score (nSPS) is 14.7. The number of thiocarbonyl (C=S) groups is 1. The fourth-order valence-corrected chi connectivity index (χ4v) is 1.29. The fourth-order valence-electron chi connectivity index (χ4n) is 0.348. The monoisotopic (exact) mass is 193 g/mol. The minimum atomic E-state index is 0. The van der Waals surface area contributed by atoms with Gasteiger partial charge in [-0.2, -0.15) is 0 Å². The first-order valence-electron chi connectivity index (χ1n) is 3.53. The molecule has 0 aromatic heterocycles. The Balaban J connectivity index is 0. The molecule has 0 aromatic carbocycles. The number of hydrogen-bond acceptors (Lipinski definition) is 2. The molecule has 0 radical (unpaired) electrons. The van der Waals surface area contributed by atoms with E-state index in [4.69, 9.17) is 12.2 Å². The van der Waals surface area contributed by atoms with Crippen LogP contribution in [0.1, 0.15) is 28.2 Å². The molecule has 1 saturated heterocycles. The Morgan fingerprint density at radius 2 is 1.91 bits per heavy atom. The SMILES string of the molecule is C.CC(C)C.S=C1NCCS1. The summed E-state index contributed by atoms with van der Waals surface area (Å²) in [7, 11) is 0. The smallest absolute Gasteiger partial charge is 0.133 e. The van der Waals surface area contributed by atoms with Gasteiger partial charge in [-0.15, -0.1) is 0 Å². The third-order valence-corrected chi connectivity index (χ3v) is 1.92. The average Bonchev–Trinajstić information content (AvgIpc) is 2.15. The van der Waals surface area contributed by atoms with Crippen LogP contribution in [-0.2, 0) is 0 Å². The summed E-state index contributed by atoms with van der Waals surface area (Å²) in [5.41, 5.74) is 0. The van der Waals surface area contributed by atoms with Crippen LogP contribution in [0.4, 0.5) is 0 Å². The van der Waals surface area contributed by atoms with Crippen molar-refractivity contribution in [3.8, 4) is 0 Å². The van der Waals surface area contributed by atoms with Gasteiger partial charge in [-0.3, -0.25) is 0 Å². The summed E-state index contributed by atoms with van der Waals surface area (Å²) < 4.78 is 0.954. The highest BCUT2D eigenvalue weighted by Gasteiger charge is 2.01. The van der Waals surface area contributed by atoms with Crippen LogP contribution in [0.5, 0.6) is 0 Å². The van der Waals surface area contributed by atoms with Crippen LogP contribution in [0.3, 0.4) is 0 Å². The molecule has 1 rings (SSSR count). The quantitative estimate of drug-likeness (QED) is 0.594. The molecule has 1 N–H and O–H groups in total. The van der Waals surface area contributed by atoms with Crippen LogP contribution in [0.15, 0.2) is 0 Å². The largest absolute Gasteiger partial charge is 0.370 e. The van der Waals surface area contributed by atoms with E-state index < -0.39 is 0 Å². The molecule has 3 heteroatoms. The Labute approximate surface area is 80.3 Å². The van der Waals surface area contributed by atoms with Crippen molar-refractivity contribution in [1.29, 1.82) is 0 Å². The molecule has 1 fully saturated rings. The first kappa shape index (κ1) is 13.8. The lowest BCUT2D eigenvalue weighted by atomic mass is 10.3. The molecule has 0 saturated carbocycles. The molecule has 0 bridgehead atoms. The summed E-state index contributed by atoms with van der Waals surface area (Å²) in [6, 6.07) is 0. The Morgan fingerprint density at radius 3 is 2.00 bits per heavy atom. The second-order valence-corrected chi connectivity index (χ2v) is 4.57. The summed E-state index contributed by atoms with van der Waals surface area (Å²) in [5, 5.41) is 3.01. The molecule has 0 aromatic rings. The van der Waals surface area contributed by atoms with Crippen molar-refractivity contribution in [3.05, 3.63) is 0 Å². The van der Waals surface area contributed by atoms with Crippen molar-refractivity contribution in [2.24, 2.45) is 5.92 Å². The summed E-state index contributed by atoms with van der Waals surface area (Å²) in [5.74, 6) is 1.98. The molecule has 0 unspecified atom stereocenters. The van der Waals surface area contributed by atoms with Crippen LogP contribution in [-0.4, -0.2) is 16.6 Å². The lowest BCUT2D eigenvalue weighted by Gasteiger charge is -1.82. The first-order chi connectivity index (χ1) is 4.63. The van der Waals surface area contributed by atoms with Gasteiger partial charge in [-0.05, 0) is 5.92 Å². The van der Waals surface area contributed by atoms with Gasteiger partial charge in [0.25, 0.3) is 0 Å². The zero-order valence-corrected chi connectivity index (χ0v) is 8.44. The molecule has 11 heavy (non-hydrogen) atoms. The van der Waals surface area contributed by atoms with Gasteiger partial charge in [0.15, 0.2) is 0 Å². The van der Waals surface area contributed by atoms with E-state index in [-0.39, 0.29) is 7.43 Å². The van der Waals surface area contributed by atoms with Gasteiger partial charge in [0.1, 0.15) is 4.32 Å². The highest BCUT2D eigenvalue weighted by Crippen LogP contribution is 2.05. The molecule has 0 spiro atoms. The topological polar surface area (TPSA) is 12.0 Å². The molecule has 1 aliphatic rings. The first-order valence-corrected chi connectivity index (χ1v) is 4.93. The lowest BCUT2D eigenvalue weighted by molar-refractivity contribution is 0.737. The Hall–Kier alpha value is 0.240. The molecule has 0 amide bonds. The van der Waals surface area contributed by atoms with Crippen molar-refractivity contribution in [1.82, 2.24) is 5.32 Å². The highest BCUT2D eigenvalue weighted by molar-refractivity contribution is 8.23. The minimum Gasteiger partial charge on any atom is -0.370 e. The maximum absolute atomic E-state index is 4.77. The zero-order chi connectivity index (χ0) is 7.98. The van der Waals surface area contributed by atoms with Crippen molar-refractivity contribution in [2.75, 3.05) is 12.3 Å². The number of thioether (sulfide) groups is 1. The summed E-state index contributed by atoms with van der Waals surface area (Å²) >= 11 is 6.49. The molecule has 1 aliphatic heterocycles. The van der Waals surface area contributed by atoms with E-state index in [1.807, 2.05) is 0 Å². The molecular formula is C8H19NS2. The maximum atomic E-state index is 4.77. The average molecular weight is 193 g/mol. The van der Waals surface area contributed by atoms with Crippen molar-refractivity contribution in [3.63, 3.8) is 0 Å². The molecule has 1 heterocycles. The van der Waals surface area contributed by atoms with Crippen molar-refractivity contribution in [2.45, 2.75) is 28.2 Å². The van der Waals surface area contributed by atoms with Gasteiger partial charge in [-0.1, -0.05) is 52.2 Å². The van der Waals surface area contributed by atoms with Gasteiger partial charge in [-0.25, -0.2) is 0 Å². The van der Waals surface area contributed by atoms with Crippen molar-refractivity contribution >= 4 is 28.3 Å².